The zero-order valence-corrected chi connectivity index (χ0v) is 11.4. The Morgan fingerprint density at radius 3 is 2.67 bits per heavy atom. The predicted molar refractivity (Wildman–Crippen MR) is 73.1 cm³/mol. The molecule has 3 heteroatoms. The summed E-state index contributed by atoms with van der Waals surface area (Å²) in [6.07, 6.45) is 4.62. The van der Waals surface area contributed by atoms with Crippen LogP contribution in [0.25, 0.3) is 0 Å². The third-order valence-corrected chi connectivity index (χ3v) is 3.25. The van der Waals surface area contributed by atoms with Crippen LogP contribution in [0.2, 0.25) is 0 Å². The van der Waals surface area contributed by atoms with E-state index in [0.717, 1.165) is 18.4 Å². The van der Waals surface area contributed by atoms with Crippen molar-refractivity contribution in [2.24, 2.45) is 11.7 Å². The largest absolute Gasteiger partial charge is 0.490 e. The van der Waals surface area contributed by atoms with Crippen molar-refractivity contribution >= 4 is 0 Å². The van der Waals surface area contributed by atoms with Gasteiger partial charge in [0.2, 0.25) is 0 Å². The first-order valence-corrected chi connectivity index (χ1v) is 6.82. The molecule has 0 aliphatic heterocycles. The van der Waals surface area contributed by atoms with E-state index < -0.39 is 0 Å². The molecule has 1 rings (SSSR count). The highest BCUT2D eigenvalue weighted by Crippen LogP contribution is 2.20. The fraction of sp³-hybridized carbons (Fsp3) is 0.600. The Bertz CT molecular complexity index is 354. The summed E-state index contributed by atoms with van der Waals surface area (Å²) >= 11 is 0. The van der Waals surface area contributed by atoms with E-state index in [-0.39, 0.29) is 5.82 Å². The zero-order chi connectivity index (χ0) is 13.4. The number of hydrogen-bond acceptors (Lipinski definition) is 2. The Morgan fingerprint density at radius 2 is 2.11 bits per heavy atom. The Morgan fingerprint density at radius 1 is 1.33 bits per heavy atom. The molecule has 0 spiro atoms. The van der Waals surface area contributed by atoms with Gasteiger partial charge in [0.15, 0.2) is 11.6 Å². The van der Waals surface area contributed by atoms with E-state index >= 15 is 0 Å². The van der Waals surface area contributed by atoms with E-state index in [4.69, 9.17) is 10.5 Å². The van der Waals surface area contributed by atoms with Crippen LogP contribution in [0.4, 0.5) is 4.39 Å². The molecule has 2 nitrogen and oxygen atoms in total. The summed E-state index contributed by atoms with van der Waals surface area (Å²) in [6.45, 7) is 5.27. The van der Waals surface area contributed by atoms with Crippen molar-refractivity contribution in [3.8, 4) is 5.75 Å². The third-order valence-electron chi connectivity index (χ3n) is 3.25. The smallest absolute Gasteiger partial charge is 0.165 e. The molecule has 0 aliphatic carbocycles. The van der Waals surface area contributed by atoms with E-state index in [0.29, 0.717) is 24.8 Å². The SMILES string of the molecule is CCCCC(CC)COc1ccc(CN)cc1F. The molecular formula is C15H24FNO. The summed E-state index contributed by atoms with van der Waals surface area (Å²) in [4.78, 5) is 0. The molecule has 102 valence electrons. The molecule has 0 heterocycles. The minimum Gasteiger partial charge on any atom is -0.490 e. The van der Waals surface area contributed by atoms with Crippen molar-refractivity contribution in [3.63, 3.8) is 0 Å². The lowest BCUT2D eigenvalue weighted by molar-refractivity contribution is 0.225. The molecule has 1 aromatic carbocycles. The first-order chi connectivity index (χ1) is 8.71. The van der Waals surface area contributed by atoms with E-state index in [1.54, 1.807) is 6.07 Å². The highest BCUT2D eigenvalue weighted by atomic mass is 19.1. The lowest BCUT2D eigenvalue weighted by Crippen LogP contribution is -2.12. The van der Waals surface area contributed by atoms with Gasteiger partial charge in [-0.25, -0.2) is 4.39 Å². The Kier molecular flexibility index (Phi) is 6.73. The van der Waals surface area contributed by atoms with Crippen molar-refractivity contribution in [1.29, 1.82) is 0 Å². The fourth-order valence-corrected chi connectivity index (χ4v) is 1.89. The summed E-state index contributed by atoms with van der Waals surface area (Å²) in [5, 5.41) is 0. The zero-order valence-electron chi connectivity index (χ0n) is 11.4. The van der Waals surface area contributed by atoms with Crippen molar-refractivity contribution in [1.82, 2.24) is 0 Å². The van der Waals surface area contributed by atoms with Gasteiger partial charge < -0.3 is 10.5 Å². The van der Waals surface area contributed by atoms with Crippen LogP contribution in [-0.2, 0) is 6.54 Å². The summed E-state index contributed by atoms with van der Waals surface area (Å²) in [5.74, 6) is 0.531. The van der Waals surface area contributed by atoms with E-state index in [1.165, 1.54) is 18.9 Å². The highest BCUT2D eigenvalue weighted by Gasteiger charge is 2.09. The van der Waals surface area contributed by atoms with Gasteiger partial charge in [0.1, 0.15) is 0 Å². The molecule has 0 bridgehead atoms. The molecule has 2 N–H and O–H groups in total. The number of halogens is 1. The van der Waals surface area contributed by atoms with Gasteiger partial charge in [-0.3, -0.25) is 0 Å². The second kappa shape index (κ2) is 8.09. The highest BCUT2D eigenvalue weighted by molar-refractivity contribution is 5.29. The average molecular weight is 253 g/mol. The summed E-state index contributed by atoms with van der Waals surface area (Å²) < 4.78 is 19.2. The lowest BCUT2D eigenvalue weighted by Gasteiger charge is -2.16. The summed E-state index contributed by atoms with van der Waals surface area (Å²) in [5.41, 5.74) is 6.25. The maximum absolute atomic E-state index is 13.7. The lowest BCUT2D eigenvalue weighted by atomic mass is 10.0. The van der Waals surface area contributed by atoms with Crippen LogP contribution in [0.5, 0.6) is 5.75 Å². The standard InChI is InChI=1S/C15H24FNO/c1-3-5-6-12(4-2)11-18-15-8-7-13(10-17)9-14(15)16/h7-9,12H,3-6,10-11,17H2,1-2H3. The van der Waals surface area contributed by atoms with Gasteiger partial charge in [-0.05, 0) is 30.0 Å². The van der Waals surface area contributed by atoms with E-state index in [1.807, 2.05) is 6.07 Å². The van der Waals surface area contributed by atoms with Crippen LogP contribution in [0, 0.1) is 11.7 Å². The molecule has 1 aromatic rings. The van der Waals surface area contributed by atoms with Crippen LogP contribution in [-0.4, -0.2) is 6.61 Å². The molecule has 1 unspecified atom stereocenters. The monoisotopic (exact) mass is 253 g/mol. The molecule has 1 atom stereocenters. The summed E-state index contributed by atoms with van der Waals surface area (Å²) in [6, 6.07) is 4.93. The average Bonchev–Trinajstić information content (AvgIpc) is 2.40. The molecular weight excluding hydrogens is 229 g/mol. The molecule has 0 fully saturated rings. The molecule has 0 saturated heterocycles. The molecule has 0 radical (unpaired) electrons. The first kappa shape index (κ1) is 15.0. The van der Waals surface area contributed by atoms with Crippen molar-refractivity contribution < 1.29 is 9.13 Å². The Hall–Kier alpha value is -1.09. The van der Waals surface area contributed by atoms with Gasteiger partial charge in [0.05, 0.1) is 6.61 Å². The molecule has 18 heavy (non-hydrogen) atoms. The number of rotatable bonds is 8. The normalized spacial score (nSPS) is 12.4. The molecule has 0 amide bonds. The maximum Gasteiger partial charge on any atom is 0.165 e. The molecule has 0 saturated carbocycles. The first-order valence-electron chi connectivity index (χ1n) is 6.82. The maximum atomic E-state index is 13.7. The Balaban J connectivity index is 2.51. The quantitative estimate of drug-likeness (QED) is 0.763. The van der Waals surface area contributed by atoms with Gasteiger partial charge >= 0.3 is 0 Å². The van der Waals surface area contributed by atoms with Crippen LogP contribution in [0.3, 0.4) is 0 Å². The van der Waals surface area contributed by atoms with Crippen molar-refractivity contribution in [2.75, 3.05) is 6.61 Å². The topological polar surface area (TPSA) is 35.2 Å². The second-order valence-electron chi connectivity index (χ2n) is 4.70. The third kappa shape index (κ3) is 4.65. The van der Waals surface area contributed by atoms with Gasteiger partial charge in [-0.1, -0.05) is 39.2 Å². The van der Waals surface area contributed by atoms with Crippen LogP contribution >= 0.6 is 0 Å². The number of benzene rings is 1. The minimum absolute atomic E-state index is 0.316. The van der Waals surface area contributed by atoms with Gasteiger partial charge in [-0.15, -0.1) is 0 Å². The van der Waals surface area contributed by atoms with E-state index in [9.17, 15) is 4.39 Å². The van der Waals surface area contributed by atoms with E-state index in [2.05, 4.69) is 13.8 Å². The van der Waals surface area contributed by atoms with Gasteiger partial charge in [0, 0.05) is 6.54 Å². The second-order valence-corrected chi connectivity index (χ2v) is 4.70. The minimum atomic E-state index is -0.316. The summed E-state index contributed by atoms with van der Waals surface area (Å²) in [7, 11) is 0. The number of ether oxygens (including phenoxy) is 1. The number of nitrogens with two attached hydrogens (primary N) is 1. The van der Waals surface area contributed by atoms with Crippen LogP contribution in [0.1, 0.15) is 45.1 Å². The van der Waals surface area contributed by atoms with Crippen molar-refractivity contribution in [3.05, 3.63) is 29.6 Å². The van der Waals surface area contributed by atoms with Gasteiger partial charge in [-0.2, -0.15) is 0 Å². The number of unbranched alkanes of at least 4 members (excludes halogenated alkanes) is 1. The number of hydrogen-bond donors (Lipinski definition) is 1. The predicted octanol–water partition coefficient (Wildman–Crippen LogP) is 3.88. The molecule has 0 aromatic heterocycles. The van der Waals surface area contributed by atoms with Crippen LogP contribution in [0.15, 0.2) is 18.2 Å². The Labute approximate surface area is 109 Å². The van der Waals surface area contributed by atoms with Crippen LogP contribution < -0.4 is 10.5 Å². The fourth-order valence-electron chi connectivity index (χ4n) is 1.89. The van der Waals surface area contributed by atoms with Crippen molar-refractivity contribution in [2.45, 2.75) is 46.1 Å². The van der Waals surface area contributed by atoms with Gasteiger partial charge in [0.25, 0.3) is 0 Å². The molecule has 0 aliphatic rings.